The Hall–Kier alpha value is -2.72. The van der Waals surface area contributed by atoms with Crippen molar-refractivity contribution in [3.8, 4) is 17.1 Å². The highest BCUT2D eigenvalue weighted by Gasteiger charge is 2.14. The molecule has 0 spiro atoms. The van der Waals surface area contributed by atoms with E-state index in [1.54, 1.807) is 0 Å². The number of fused-ring (bicyclic) bond motifs is 1. The summed E-state index contributed by atoms with van der Waals surface area (Å²) in [5.74, 6) is 1.67. The molecule has 3 nitrogen and oxygen atoms in total. The molecule has 144 valence electrons. The van der Waals surface area contributed by atoms with E-state index in [9.17, 15) is 0 Å². The third-order valence-electron chi connectivity index (χ3n) is 4.42. The fraction of sp³-hybridized carbons (Fsp3) is 0.250. The molecule has 0 aliphatic heterocycles. The SMILES string of the molecule is CC(C)C.Cc1ccccc1-c1n[nH]c(=S)n1-c1ccc(C)c2ccccc12. The van der Waals surface area contributed by atoms with Gasteiger partial charge in [-0.2, -0.15) is 5.10 Å². The quantitative estimate of drug-likeness (QED) is 0.373. The van der Waals surface area contributed by atoms with Crippen LogP contribution in [-0.4, -0.2) is 14.8 Å². The molecule has 0 unspecified atom stereocenters. The molecule has 0 saturated carbocycles. The van der Waals surface area contributed by atoms with Gasteiger partial charge in [-0.1, -0.05) is 75.4 Å². The van der Waals surface area contributed by atoms with Crippen LogP contribution in [0.5, 0.6) is 0 Å². The van der Waals surface area contributed by atoms with Crippen LogP contribution in [0.15, 0.2) is 60.7 Å². The number of benzene rings is 3. The average molecular weight is 390 g/mol. The van der Waals surface area contributed by atoms with E-state index in [2.05, 4.69) is 93.3 Å². The summed E-state index contributed by atoms with van der Waals surface area (Å²) in [6, 6.07) is 20.9. The molecule has 0 fully saturated rings. The van der Waals surface area contributed by atoms with E-state index >= 15 is 0 Å². The minimum absolute atomic E-state index is 0.599. The first-order chi connectivity index (χ1) is 13.4. The number of rotatable bonds is 2. The van der Waals surface area contributed by atoms with Gasteiger partial charge in [0.1, 0.15) is 0 Å². The Morgan fingerprint density at radius 2 is 1.43 bits per heavy atom. The Bertz CT molecular complexity index is 1150. The summed E-state index contributed by atoms with van der Waals surface area (Å²) in [4.78, 5) is 0. The first-order valence-corrected chi connectivity index (χ1v) is 10.0. The lowest BCUT2D eigenvalue weighted by molar-refractivity contribution is 0.737. The van der Waals surface area contributed by atoms with E-state index in [1.165, 1.54) is 21.9 Å². The van der Waals surface area contributed by atoms with Crippen LogP contribution in [0.1, 0.15) is 31.9 Å². The topological polar surface area (TPSA) is 33.6 Å². The highest BCUT2D eigenvalue weighted by molar-refractivity contribution is 7.71. The Labute approximate surface area is 172 Å². The molecule has 4 aromatic rings. The van der Waals surface area contributed by atoms with Crippen molar-refractivity contribution in [3.63, 3.8) is 0 Å². The van der Waals surface area contributed by atoms with Crippen molar-refractivity contribution < 1.29 is 0 Å². The molecule has 0 amide bonds. The maximum absolute atomic E-state index is 5.54. The molecule has 1 N–H and O–H groups in total. The summed E-state index contributed by atoms with van der Waals surface area (Å²) < 4.78 is 2.63. The van der Waals surface area contributed by atoms with Crippen LogP contribution in [0, 0.1) is 24.5 Å². The minimum Gasteiger partial charge on any atom is -0.268 e. The Morgan fingerprint density at radius 1 is 0.821 bits per heavy atom. The van der Waals surface area contributed by atoms with Crippen LogP contribution in [0.3, 0.4) is 0 Å². The number of aryl methyl sites for hydroxylation is 2. The molecule has 3 aromatic carbocycles. The van der Waals surface area contributed by atoms with Crippen molar-refractivity contribution in [3.05, 3.63) is 76.6 Å². The van der Waals surface area contributed by atoms with Gasteiger partial charge in [0.05, 0.1) is 5.69 Å². The number of H-pyrrole nitrogens is 1. The normalized spacial score (nSPS) is 10.8. The van der Waals surface area contributed by atoms with Gasteiger partial charge in [-0.05, 0) is 54.6 Å². The summed E-state index contributed by atoms with van der Waals surface area (Å²) in [6.07, 6.45) is 0. The Kier molecular flexibility index (Phi) is 6.10. The second-order valence-corrected chi connectivity index (χ2v) is 8.07. The summed E-state index contributed by atoms with van der Waals surface area (Å²) in [5, 5.41) is 9.86. The molecule has 28 heavy (non-hydrogen) atoms. The summed E-state index contributed by atoms with van der Waals surface area (Å²) in [6.45, 7) is 10.7. The Balaban J connectivity index is 0.000000516. The van der Waals surface area contributed by atoms with Gasteiger partial charge in [0.2, 0.25) is 0 Å². The minimum atomic E-state index is 0.599. The van der Waals surface area contributed by atoms with Crippen molar-refractivity contribution in [2.24, 2.45) is 5.92 Å². The van der Waals surface area contributed by atoms with Crippen molar-refractivity contribution in [2.75, 3.05) is 0 Å². The first kappa shape index (κ1) is 20.0. The number of hydrogen-bond donors (Lipinski definition) is 1. The number of nitrogens with zero attached hydrogens (tertiary/aromatic N) is 2. The molecular formula is C24H27N3S. The number of aromatic nitrogens is 3. The molecule has 0 bridgehead atoms. The molecule has 4 rings (SSSR count). The van der Waals surface area contributed by atoms with Gasteiger partial charge in [0.15, 0.2) is 10.6 Å². The van der Waals surface area contributed by atoms with Crippen molar-refractivity contribution in [1.29, 1.82) is 0 Å². The Morgan fingerprint density at radius 3 is 2.11 bits per heavy atom. The lowest BCUT2D eigenvalue weighted by atomic mass is 10.0. The summed E-state index contributed by atoms with van der Waals surface area (Å²) in [5.41, 5.74) is 4.55. The van der Waals surface area contributed by atoms with Gasteiger partial charge in [-0.25, -0.2) is 0 Å². The lowest BCUT2D eigenvalue weighted by Gasteiger charge is -2.13. The van der Waals surface area contributed by atoms with E-state index in [4.69, 9.17) is 12.2 Å². The number of hydrogen-bond acceptors (Lipinski definition) is 2. The van der Waals surface area contributed by atoms with Crippen LogP contribution in [0.25, 0.3) is 27.8 Å². The first-order valence-electron chi connectivity index (χ1n) is 9.62. The molecule has 0 radical (unpaired) electrons. The second kappa shape index (κ2) is 8.53. The third kappa shape index (κ3) is 4.07. The van der Waals surface area contributed by atoms with Gasteiger partial charge in [0.25, 0.3) is 0 Å². The largest absolute Gasteiger partial charge is 0.268 e. The van der Waals surface area contributed by atoms with Gasteiger partial charge >= 0.3 is 0 Å². The zero-order valence-corrected chi connectivity index (χ0v) is 18.0. The summed E-state index contributed by atoms with van der Waals surface area (Å²) in [7, 11) is 0. The zero-order chi connectivity index (χ0) is 20.3. The van der Waals surface area contributed by atoms with Crippen LogP contribution in [-0.2, 0) is 0 Å². The van der Waals surface area contributed by atoms with Crippen LogP contribution in [0.4, 0.5) is 0 Å². The molecule has 0 aliphatic carbocycles. The second-order valence-electron chi connectivity index (χ2n) is 7.68. The van der Waals surface area contributed by atoms with Crippen LogP contribution < -0.4 is 0 Å². The smallest absolute Gasteiger partial charge is 0.200 e. The maximum Gasteiger partial charge on any atom is 0.200 e. The standard InChI is InChI=1S/C20H17N3S.C4H10/c1-13-7-3-4-9-16(13)19-21-22-20(24)23(19)18-12-11-14(2)15-8-5-6-10-17(15)18;1-4(2)3/h3-12H,1-2H3,(H,22,24);4H,1-3H3. The van der Waals surface area contributed by atoms with Gasteiger partial charge < -0.3 is 0 Å². The number of nitrogens with one attached hydrogen (secondary N) is 1. The zero-order valence-electron chi connectivity index (χ0n) is 17.2. The van der Waals surface area contributed by atoms with E-state index in [-0.39, 0.29) is 0 Å². The van der Waals surface area contributed by atoms with Crippen LogP contribution in [0.2, 0.25) is 0 Å². The third-order valence-corrected chi connectivity index (χ3v) is 4.69. The van der Waals surface area contributed by atoms with Crippen LogP contribution >= 0.6 is 12.2 Å². The van der Waals surface area contributed by atoms with E-state index in [0.29, 0.717) is 4.77 Å². The molecule has 0 atom stereocenters. The van der Waals surface area contributed by atoms with Gasteiger partial charge in [0, 0.05) is 10.9 Å². The fourth-order valence-corrected chi connectivity index (χ4v) is 3.38. The fourth-order valence-electron chi connectivity index (χ4n) is 3.15. The van der Waals surface area contributed by atoms with Crippen molar-refractivity contribution in [2.45, 2.75) is 34.6 Å². The molecule has 0 saturated heterocycles. The highest BCUT2D eigenvalue weighted by atomic mass is 32.1. The van der Waals surface area contributed by atoms with Crippen molar-refractivity contribution in [1.82, 2.24) is 14.8 Å². The van der Waals surface area contributed by atoms with E-state index in [0.717, 1.165) is 23.0 Å². The number of aromatic amines is 1. The van der Waals surface area contributed by atoms with E-state index < -0.39 is 0 Å². The van der Waals surface area contributed by atoms with E-state index in [1.807, 2.05) is 16.7 Å². The lowest BCUT2D eigenvalue weighted by Crippen LogP contribution is -2.00. The molecule has 1 heterocycles. The van der Waals surface area contributed by atoms with Crippen molar-refractivity contribution >= 4 is 23.0 Å². The summed E-state index contributed by atoms with van der Waals surface area (Å²) >= 11 is 5.54. The molecule has 4 heteroatoms. The monoisotopic (exact) mass is 389 g/mol. The maximum atomic E-state index is 5.54. The molecular weight excluding hydrogens is 362 g/mol. The van der Waals surface area contributed by atoms with Gasteiger partial charge in [-0.3, -0.25) is 9.67 Å². The molecule has 0 aliphatic rings. The predicted octanol–water partition coefficient (Wildman–Crippen LogP) is 7.03. The van der Waals surface area contributed by atoms with Gasteiger partial charge in [-0.15, -0.1) is 0 Å². The molecule has 1 aromatic heterocycles. The predicted molar refractivity (Wildman–Crippen MR) is 122 cm³/mol. The highest BCUT2D eigenvalue weighted by Crippen LogP contribution is 2.30. The average Bonchev–Trinajstić information content (AvgIpc) is 3.03.